The van der Waals surface area contributed by atoms with Crippen LogP contribution in [0.3, 0.4) is 0 Å². The Morgan fingerprint density at radius 1 is 1.47 bits per heavy atom. The molecule has 6 nitrogen and oxygen atoms in total. The van der Waals surface area contributed by atoms with Crippen molar-refractivity contribution in [2.75, 3.05) is 0 Å². The number of rotatable bonds is 3. The molecule has 1 aromatic carbocycles. The van der Waals surface area contributed by atoms with E-state index in [0.717, 1.165) is 12.1 Å². The van der Waals surface area contributed by atoms with Crippen molar-refractivity contribution in [1.29, 1.82) is 0 Å². The molecule has 0 aliphatic carbocycles. The standard InChI is InChI=1S/C7H6ClNO5S/c8-4-5-1-2-7(15(12,13)14)6(3-5)9(10)11/h1-3H,4H2,(H,12,13,14). The quantitative estimate of drug-likeness (QED) is 0.381. The Hall–Kier alpha value is -1.18. The predicted molar refractivity (Wildman–Crippen MR) is 52.5 cm³/mol. The zero-order chi connectivity index (χ0) is 11.6. The maximum Gasteiger partial charge on any atom is 0.301 e. The normalized spacial score (nSPS) is 11.3. The van der Waals surface area contributed by atoms with Gasteiger partial charge in [0.1, 0.15) is 0 Å². The first-order valence-corrected chi connectivity index (χ1v) is 5.64. The van der Waals surface area contributed by atoms with Crippen molar-refractivity contribution < 1.29 is 17.9 Å². The van der Waals surface area contributed by atoms with E-state index in [-0.39, 0.29) is 5.88 Å². The van der Waals surface area contributed by atoms with Gasteiger partial charge in [0.15, 0.2) is 4.90 Å². The van der Waals surface area contributed by atoms with E-state index in [2.05, 4.69) is 0 Å². The van der Waals surface area contributed by atoms with E-state index in [0.29, 0.717) is 5.56 Å². The number of hydrogen-bond donors (Lipinski definition) is 1. The van der Waals surface area contributed by atoms with Crippen molar-refractivity contribution in [2.45, 2.75) is 10.8 Å². The van der Waals surface area contributed by atoms with Crippen LogP contribution in [0.15, 0.2) is 23.1 Å². The van der Waals surface area contributed by atoms with Gasteiger partial charge in [-0.25, -0.2) is 0 Å². The number of nitrogens with zero attached hydrogens (tertiary/aromatic N) is 1. The number of benzene rings is 1. The van der Waals surface area contributed by atoms with Crippen molar-refractivity contribution in [3.8, 4) is 0 Å². The van der Waals surface area contributed by atoms with Crippen LogP contribution in [0.4, 0.5) is 5.69 Å². The summed E-state index contributed by atoms with van der Waals surface area (Å²) in [6.07, 6.45) is 0. The van der Waals surface area contributed by atoms with Crippen molar-refractivity contribution >= 4 is 27.4 Å². The van der Waals surface area contributed by atoms with Gasteiger partial charge in [-0.3, -0.25) is 14.7 Å². The lowest BCUT2D eigenvalue weighted by Gasteiger charge is -2.01. The molecule has 0 aliphatic rings. The average molecular weight is 252 g/mol. The van der Waals surface area contributed by atoms with Gasteiger partial charge in [0.05, 0.1) is 4.92 Å². The molecule has 82 valence electrons. The van der Waals surface area contributed by atoms with Crippen LogP contribution in [-0.2, 0) is 16.0 Å². The Balaban J connectivity index is 3.48. The first kappa shape index (κ1) is 11.9. The molecule has 0 saturated heterocycles. The highest BCUT2D eigenvalue weighted by Crippen LogP contribution is 2.25. The van der Waals surface area contributed by atoms with Gasteiger partial charge in [0, 0.05) is 11.9 Å². The number of hydrogen-bond acceptors (Lipinski definition) is 4. The molecule has 0 aromatic heterocycles. The first-order valence-electron chi connectivity index (χ1n) is 3.67. The summed E-state index contributed by atoms with van der Waals surface area (Å²) in [6, 6.07) is 3.25. The van der Waals surface area contributed by atoms with Crippen molar-refractivity contribution in [2.24, 2.45) is 0 Å². The molecule has 0 amide bonds. The smallest absolute Gasteiger partial charge is 0.282 e. The topological polar surface area (TPSA) is 97.5 Å². The highest BCUT2D eigenvalue weighted by Gasteiger charge is 2.23. The molecule has 0 atom stereocenters. The number of nitro groups is 1. The molecule has 1 rings (SSSR count). The van der Waals surface area contributed by atoms with Gasteiger partial charge in [-0.05, 0) is 11.6 Å². The van der Waals surface area contributed by atoms with E-state index in [1.165, 1.54) is 6.07 Å². The lowest BCUT2D eigenvalue weighted by molar-refractivity contribution is -0.387. The molecule has 1 N–H and O–H groups in total. The van der Waals surface area contributed by atoms with Crippen molar-refractivity contribution in [3.05, 3.63) is 33.9 Å². The van der Waals surface area contributed by atoms with Crippen LogP contribution in [-0.4, -0.2) is 17.9 Å². The Bertz CT molecular complexity index is 498. The molecule has 0 fully saturated rings. The minimum absolute atomic E-state index is 0.0204. The molecule has 0 heterocycles. The molecule has 8 heteroatoms. The molecule has 0 bridgehead atoms. The summed E-state index contributed by atoms with van der Waals surface area (Å²) in [5.41, 5.74) is -0.286. The van der Waals surface area contributed by atoms with Crippen LogP contribution in [0.1, 0.15) is 5.56 Å². The zero-order valence-electron chi connectivity index (χ0n) is 7.25. The lowest BCUT2D eigenvalue weighted by Crippen LogP contribution is -2.03. The fourth-order valence-corrected chi connectivity index (χ4v) is 1.81. The second-order valence-corrected chi connectivity index (χ2v) is 4.33. The third-order valence-corrected chi connectivity index (χ3v) is 2.86. The summed E-state index contributed by atoms with van der Waals surface area (Å²) < 4.78 is 30.3. The van der Waals surface area contributed by atoms with Gasteiger partial charge in [0.25, 0.3) is 5.69 Å². The Morgan fingerprint density at radius 3 is 2.47 bits per heavy atom. The summed E-state index contributed by atoms with van der Waals surface area (Å²) in [5.74, 6) is 0.0204. The van der Waals surface area contributed by atoms with E-state index >= 15 is 0 Å². The summed E-state index contributed by atoms with van der Waals surface area (Å²) in [4.78, 5) is 8.90. The number of alkyl halides is 1. The molecule has 0 unspecified atom stereocenters. The van der Waals surface area contributed by atoms with Crippen molar-refractivity contribution in [1.82, 2.24) is 0 Å². The highest BCUT2D eigenvalue weighted by atomic mass is 35.5. The Labute approximate surface area is 90.4 Å². The minimum Gasteiger partial charge on any atom is -0.282 e. The van der Waals surface area contributed by atoms with Gasteiger partial charge in [-0.15, -0.1) is 11.6 Å². The Kier molecular flexibility index (Phi) is 3.28. The molecule has 0 radical (unpaired) electrons. The van der Waals surface area contributed by atoms with Crippen LogP contribution < -0.4 is 0 Å². The van der Waals surface area contributed by atoms with E-state index in [9.17, 15) is 18.5 Å². The molecule has 0 spiro atoms. The zero-order valence-corrected chi connectivity index (χ0v) is 8.83. The van der Waals surface area contributed by atoms with E-state index in [1.54, 1.807) is 0 Å². The fraction of sp³-hybridized carbons (Fsp3) is 0.143. The maximum atomic E-state index is 10.8. The monoisotopic (exact) mass is 251 g/mol. The van der Waals surface area contributed by atoms with E-state index in [4.69, 9.17) is 16.2 Å². The largest absolute Gasteiger partial charge is 0.301 e. The number of halogens is 1. The third kappa shape index (κ3) is 2.65. The Morgan fingerprint density at radius 2 is 2.07 bits per heavy atom. The molecule has 15 heavy (non-hydrogen) atoms. The molecule has 1 aromatic rings. The van der Waals surface area contributed by atoms with Gasteiger partial charge >= 0.3 is 10.1 Å². The fourth-order valence-electron chi connectivity index (χ4n) is 1.01. The minimum atomic E-state index is -4.59. The summed E-state index contributed by atoms with van der Waals surface area (Å²) >= 11 is 5.44. The molecular weight excluding hydrogens is 246 g/mol. The molecule has 0 saturated carbocycles. The summed E-state index contributed by atoms with van der Waals surface area (Å²) in [6.45, 7) is 0. The molecule has 0 aliphatic heterocycles. The van der Waals surface area contributed by atoms with E-state index < -0.39 is 25.6 Å². The van der Waals surface area contributed by atoms with Crippen LogP contribution in [0.2, 0.25) is 0 Å². The maximum absolute atomic E-state index is 10.8. The summed E-state index contributed by atoms with van der Waals surface area (Å²) in [5, 5.41) is 10.5. The van der Waals surface area contributed by atoms with Crippen LogP contribution in [0, 0.1) is 10.1 Å². The van der Waals surface area contributed by atoms with Crippen LogP contribution in [0.25, 0.3) is 0 Å². The van der Waals surface area contributed by atoms with Crippen molar-refractivity contribution in [3.63, 3.8) is 0 Å². The van der Waals surface area contributed by atoms with Gasteiger partial charge in [0.2, 0.25) is 0 Å². The summed E-state index contributed by atoms with van der Waals surface area (Å²) in [7, 11) is -4.59. The van der Waals surface area contributed by atoms with Gasteiger partial charge in [-0.1, -0.05) is 6.07 Å². The predicted octanol–water partition coefficient (Wildman–Crippen LogP) is 1.58. The second-order valence-electron chi connectivity index (χ2n) is 2.67. The SMILES string of the molecule is O=[N+]([O-])c1cc(CCl)ccc1S(=O)(=O)O. The van der Waals surface area contributed by atoms with E-state index in [1.807, 2.05) is 0 Å². The average Bonchev–Trinajstić information content (AvgIpc) is 2.15. The highest BCUT2D eigenvalue weighted by molar-refractivity contribution is 7.86. The number of nitro benzene ring substituents is 1. The van der Waals surface area contributed by atoms with Crippen LogP contribution in [0.5, 0.6) is 0 Å². The third-order valence-electron chi connectivity index (χ3n) is 1.65. The molecular formula is C7H6ClNO5S. The van der Waals surface area contributed by atoms with Gasteiger partial charge < -0.3 is 0 Å². The second kappa shape index (κ2) is 4.13. The van der Waals surface area contributed by atoms with Crippen LogP contribution >= 0.6 is 11.6 Å². The lowest BCUT2D eigenvalue weighted by atomic mass is 10.2. The first-order chi connectivity index (χ1) is 6.86. The van der Waals surface area contributed by atoms with Gasteiger partial charge in [-0.2, -0.15) is 8.42 Å².